The molecule has 0 saturated heterocycles. The number of nitrogens with zero attached hydrogens (tertiary/aromatic N) is 1. The molecule has 0 aliphatic heterocycles. The number of aromatic nitrogens is 1. The summed E-state index contributed by atoms with van der Waals surface area (Å²) in [5, 5.41) is 0. The monoisotopic (exact) mass is 241 g/mol. The van der Waals surface area contributed by atoms with Gasteiger partial charge in [0.15, 0.2) is 0 Å². The minimum atomic E-state index is -0.625. The molecule has 0 radical (unpaired) electrons. The normalized spacial score (nSPS) is 12.7. The maximum Gasteiger partial charge on any atom is 0.126 e. The van der Waals surface area contributed by atoms with Crippen LogP contribution in [0.5, 0.6) is 0 Å². The second-order valence-corrected chi connectivity index (χ2v) is 4.12. The lowest BCUT2D eigenvalue weighted by Gasteiger charge is -2.14. The zero-order valence-corrected chi connectivity index (χ0v) is 8.97. The van der Waals surface area contributed by atoms with Gasteiger partial charge in [-0.2, -0.15) is 0 Å². The first-order valence-electron chi connectivity index (χ1n) is 4.51. The van der Waals surface area contributed by atoms with Gasteiger partial charge in [-0.05, 0) is 17.7 Å². The number of nitrogens with one attached hydrogen (secondary N) is 1. The van der Waals surface area contributed by atoms with Crippen LogP contribution in [0.1, 0.15) is 16.5 Å². The third-order valence-corrected chi connectivity index (χ3v) is 2.96. The largest absolute Gasteiger partial charge is 0.271 e. The minimum absolute atomic E-state index is 0.434. The van der Waals surface area contributed by atoms with Gasteiger partial charge in [0.05, 0.1) is 11.6 Å². The van der Waals surface area contributed by atoms with Crippen LogP contribution in [-0.4, -0.2) is 4.98 Å². The van der Waals surface area contributed by atoms with Crippen molar-refractivity contribution in [1.82, 2.24) is 10.4 Å². The molecule has 84 valence electrons. The summed E-state index contributed by atoms with van der Waals surface area (Å²) in [5.74, 6) is 4.13. The van der Waals surface area contributed by atoms with Gasteiger partial charge in [0.2, 0.25) is 0 Å². The van der Waals surface area contributed by atoms with Gasteiger partial charge in [0.1, 0.15) is 11.6 Å². The highest BCUT2D eigenvalue weighted by Gasteiger charge is 2.15. The smallest absolute Gasteiger partial charge is 0.126 e. The van der Waals surface area contributed by atoms with Crippen LogP contribution in [0.25, 0.3) is 0 Å². The third-order valence-electron chi connectivity index (χ3n) is 2.12. The number of rotatable bonds is 3. The van der Waals surface area contributed by atoms with E-state index in [1.165, 1.54) is 23.5 Å². The van der Waals surface area contributed by atoms with Crippen LogP contribution in [0.15, 0.2) is 29.9 Å². The van der Waals surface area contributed by atoms with E-state index in [0.717, 1.165) is 10.9 Å². The lowest BCUT2D eigenvalue weighted by Crippen LogP contribution is -2.28. The van der Waals surface area contributed by atoms with Crippen molar-refractivity contribution in [3.63, 3.8) is 0 Å². The van der Waals surface area contributed by atoms with E-state index in [2.05, 4.69) is 10.4 Å². The molecule has 0 fully saturated rings. The summed E-state index contributed by atoms with van der Waals surface area (Å²) >= 11 is 1.36. The van der Waals surface area contributed by atoms with Crippen LogP contribution in [0.2, 0.25) is 0 Å². The average Bonchev–Trinajstić information content (AvgIpc) is 2.70. The van der Waals surface area contributed by atoms with Crippen molar-refractivity contribution in [3.05, 3.63) is 52.0 Å². The van der Waals surface area contributed by atoms with Crippen LogP contribution >= 0.6 is 11.3 Å². The van der Waals surface area contributed by atoms with E-state index in [-0.39, 0.29) is 0 Å². The maximum absolute atomic E-state index is 13.0. The van der Waals surface area contributed by atoms with Crippen molar-refractivity contribution in [1.29, 1.82) is 0 Å². The first-order chi connectivity index (χ1) is 7.70. The highest BCUT2D eigenvalue weighted by atomic mass is 32.1. The molecule has 0 amide bonds. The number of hydrazine groups is 1. The molecular weight excluding hydrogens is 232 g/mol. The quantitative estimate of drug-likeness (QED) is 0.638. The molecular formula is C10H9F2N3S. The second-order valence-electron chi connectivity index (χ2n) is 3.21. The Morgan fingerprint density at radius 2 is 1.94 bits per heavy atom. The average molecular weight is 241 g/mol. The molecule has 1 aromatic heterocycles. The molecule has 0 aliphatic rings. The molecule has 1 aromatic carbocycles. The van der Waals surface area contributed by atoms with Gasteiger partial charge >= 0.3 is 0 Å². The fourth-order valence-corrected chi connectivity index (χ4v) is 2.16. The van der Waals surface area contributed by atoms with Crippen LogP contribution in [-0.2, 0) is 0 Å². The van der Waals surface area contributed by atoms with E-state index in [9.17, 15) is 8.78 Å². The molecule has 6 heteroatoms. The van der Waals surface area contributed by atoms with Crippen molar-refractivity contribution < 1.29 is 8.78 Å². The van der Waals surface area contributed by atoms with Crippen molar-refractivity contribution in [3.8, 4) is 0 Å². The van der Waals surface area contributed by atoms with Gasteiger partial charge in [-0.25, -0.2) is 14.2 Å². The Labute approximate surface area is 94.9 Å². The molecule has 16 heavy (non-hydrogen) atoms. The zero-order valence-electron chi connectivity index (χ0n) is 8.15. The second kappa shape index (κ2) is 4.65. The van der Waals surface area contributed by atoms with Crippen LogP contribution < -0.4 is 11.3 Å². The highest BCUT2D eigenvalue weighted by molar-refractivity contribution is 7.09. The zero-order chi connectivity index (χ0) is 11.5. The number of thiazole rings is 1. The van der Waals surface area contributed by atoms with E-state index in [1.807, 2.05) is 0 Å². The number of hydrogen-bond acceptors (Lipinski definition) is 4. The van der Waals surface area contributed by atoms with E-state index >= 15 is 0 Å². The molecule has 1 atom stereocenters. The minimum Gasteiger partial charge on any atom is -0.271 e. The number of hydrogen-bond donors (Lipinski definition) is 2. The first-order valence-corrected chi connectivity index (χ1v) is 5.39. The fraction of sp³-hybridized carbons (Fsp3) is 0.100. The Kier molecular flexibility index (Phi) is 3.23. The first kappa shape index (κ1) is 11.1. The molecule has 0 spiro atoms. The predicted octanol–water partition coefficient (Wildman–Crippen LogP) is 1.97. The summed E-state index contributed by atoms with van der Waals surface area (Å²) in [7, 11) is 0. The van der Waals surface area contributed by atoms with Gasteiger partial charge in [0, 0.05) is 17.1 Å². The van der Waals surface area contributed by atoms with E-state index < -0.39 is 17.7 Å². The summed E-state index contributed by atoms with van der Waals surface area (Å²) in [4.78, 5) is 4.70. The van der Waals surface area contributed by atoms with Gasteiger partial charge in [0.25, 0.3) is 0 Å². The molecule has 1 unspecified atom stereocenters. The Morgan fingerprint density at radius 1 is 1.25 bits per heavy atom. The lowest BCUT2D eigenvalue weighted by molar-refractivity contribution is 0.567. The van der Waals surface area contributed by atoms with Crippen molar-refractivity contribution >= 4 is 11.3 Å². The summed E-state index contributed by atoms with van der Waals surface area (Å²) in [6, 6.07) is 2.86. The van der Waals surface area contributed by atoms with Gasteiger partial charge in [-0.15, -0.1) is 11.3 Å². The number of benzene rings is 1. The van der Waals surface area contributed by atoms with E-state index in [4.69, 9.17) is 5.84 Å². The Morgan fingerprint density at radius 3 is 2.44 bits per heavy atom. The van der Waals surface area contributed by atoms with Crippen LogP contribution in [0, 0.1) is 11.6 Å². The molecule has 3 N–H and O–H groups in total. The predicted molar refractivity (Wildman–Crippen MR) is 57.6 cm³/mol. The maximum atomic E-state index is 13.0. The molecule has 0 bridgehead atoms. The lowest BCUT2D eigenvalue weighted by atomic mass is 10.1. The topological polar surface area (TPSA) is 50.9 Å². The Bertz CT molecular complexity index is 453. The van der Waals surface area contributed by atoms with Crippen LogP contribution in [0.4, 0.5) is 8.78 Å². The van der Waals surface area contributed by atoms with Crippen molar-refractivity contribution in [2.75, 3.05) is 0 Å². The molecule has 3 nitrogen and oxygen atoms in total. The molecule has 0 saturated carbocycles. The van der Waals surface area contributed by atoms with E-state index in [1.54, 1.807) is 11.7 Å². The van der Waals surface area contributed by atoms with Crippen LogP contribution in [0.3, 0.4) is 0 Å². The van der Waals surface area contributed by atoms with Gasteiger partial charge in [-0.3, -0.25) is 10.8 Å². The number of halogens is 2. The summed E-state index contributed by atoms with van der Waals surface area (Å²) in [6.07, 6.45) is 1.61. The van der Waals surface area contributed by atoms with Crippen molar-refractivity contribution in [2.45, 2.75) is 6.04 Å². The Hall–Kier alpha value is -1.37. The fourth-order valence-electron chi connectivity index (χ4n) is 1.45. The SMILES string of the molecule is NNC(c1cc(F)cc(F)c1)c1cncs1. The Balaban J connectivity index is 2.41. The molecule has 2 aromatic rings. The summed E-state index contributed by atoms with van der Waals surface area (Å²) in [5.41, 5.74) is 4.58. The summed E-state index contributed by atoms with van der Waals surface area (Å²) in [6.45, 7) is 0. The van der Waals surface area contributed by atoms with Gasteiger partial charge in [-0.1, -0.05) is 0 Å². The van der Waals surface area contributed by atoms with E-state index in [0.29, 0.717) is 5.56 Å². The molecule has 0 aliphatic carbocycles. The van der Waals surface area contributed by atoms with Gasteiger partial charge < -0.3 is 0 Å². The highest BCUT2D eigenvalue weighted by Crippen LogP contribution is 2.25. The summed E-state index contributed by atoms with van der Waals surface area (Å²) < 4.78 is 26.1. The standard InChI is InChI=1S/C10H9F2N3S/c11-7-1-6(2-8(12)3-7)10(15-13)9-4-14-5-16-9/h1-5,10,15H,13H2. The number of nitrogens with two attached hydrogens (primary N) is 1. The van der Waals surface area contributed by atoms with Crippen molar-refractivity contribution in [2.24, 2.45) is 5.84 Å². The molecule has 2 rings (SSSR count). The third kappa shape index (κ3) is 2.24. The molecule has 1 heterocycles.